The number of benzene rings is 1. The van der Waals surface area contributed by atoms with Crippen LogP contribution < -0.4 is 5.32 Å². The molecule has 0 bridgehead atoms. The van der Waals surface area contributed by atoms with Gasteiger partial charge in [0, 0.05) is 13.1 Å². The molecule has 1 saturated heterocycles. The molecule has 0 radical (unpaired) electrons. The highest BCUT2D eigenvalue weighted by Crippen LogP contribution is 2.28. The van der Waals surface area contributed by atoms with Crippen molar-refractivity contribution in [3.8, 4) is 0 Å². The van der Waals surface area contributed by atoms with E-state index in [2.05, 4.69) is 24.1 Å². The lowest BCUT2D eigenvalue weighted by Gasteiger charge is -2.23. The minimum absolute atomic E-state index is 0.175. The zero-order valence-electron chi connectivity index (χ0n) is 12.9. The van der Waals surface area contributed by atoms with E-state index in [9.17, 15) is 9.59 Å². The van der Waals surface area contributed by atoms with E-state index < -0.39 is 5.54 Å². The highest BCUT2D eigenvalue weighted by atomic mass is 16.2. The molecule has 3 amide bonds. The Balaban J connectivity index is 2.13. The molecule has 21 heavy (non-hydrogen) atoms. The van der Waals surface area contributed by atoms with Crippen LogP contribution in [-0.4, -0.2) is 47.9 Å². The Labute approximate surface area is 125 Å². The van der Waals surface area contributed by atoms with Crippen molar-refractivity contribution in [1.82, 2.24) is 15.1 Å². The number of hydrogen-bond acceptors (Lipinski definition) is 3. The summed E-state index contributed by atoms with van der Waals surface area (Å²) in [5.41, 5.74) is -0.143. The lowest BCUT2D eigenvalue weighted by molar-refractivity contribution is -0.131. The molecule has 0 aliphatic carbocycles. The number of amides is 3. The van der Waals surface area contributed by atoms with Gasteiger partial charge in [0.25, 0.3) is 5.91 Å². The molecule has 1 aliphatic heterocycles. The van der Waals surface area contributed by atoms with Gasteiger partial charge in [-0.2, -0.15) is 0 Å². The number of nitrogens with zero attached hydrogens (tertiary/aromatic N) is 2. The molecule has 0 saturated carbocycles. The van der Waals surface area contributed by atoms with Crippen LogP contribution in [0.2, 0.25) is 0 Å². The van der Waals surface area contributed by atoms with Crippen LogP contribution in [0.15, 0.2) is 30.3 Å². The molecule has 0 aromatic heterocycles. The molecule has 5 heteroatoms. The Morgan fingerprint density at radius 1 is 1.14 bits per heavy atom. The summed E-state index contributed by atoms with van der Waals surface area (Å²) in [5, 5.41) is 2.83. The standard InChI is InChI=1S/C16H23N3O2/c1-4-18(5-2)11-12-19-14(20)16(3,17-15(19)21)13-9-7-6-8-10-13/h6-10H,4-5,11-12H2,1-3H3,(H,17,21)/t16-/m0/s1. The highest BCUT2D eigenvalue weighted by Gasteiger charge is 2.48. The van der Waals surface area contributed by atoms with Gasteiger partial charge >= 0.3 is 6.03 Å². The largest absolute Gasteiger partial charge is 0.325 e. The number of carbonyl (C=O) groups excluding carboxylic acids is 2. The molecular weight excluding hydrogens is 266 g/mol. The van der Waals surface area contributed by atoms with Gasteiger partial charge in [-0.1, -0.05) is 44.2 Å². The number of imide groups is 1. The molecule has 114 valence electrons. The van der Waals surface area contributed by atoms with Gasteiger partial charge in [0.1, 0.15) is 5.54 Å². The van der Waals surface area contributed by atoms with Gasteiger partial charge in [-0.15, -0.1) is 0 Å². The van der Waals surface area contributed by atoms with Crippen molar-refractivity contribution >= 4 is 11.9 Å². The highest BCUT2D eigenvalue weighted by molar-refractivity contribution is 6.07. The fourth-order valence-electron chi connectivity index (χ4n) is 2.65. The summed E-state index contributed by atoms with van der Waals surface area (Å²) in [6, 6.07) is 9.07. The predicted molar refractivity (Wildman–Crippen MR) is 81.8 cm³/mol. The second kappa shape index (κ2) is 6.26. The number of urea groups is 1. The minimum Gasteiger partial charge on any atom is -0.319 e. The van der Waals surface area contributed by atoms with Crippen LogP contribution in [-0.2, 0) is 10.3 Å². The van der Waals surface area contributed by atoms with Crippen molar-refractivity contribution in [2.45, 2.75) is 26.3 Å². The fraction of sp³-hybridized carbons (Fsp3) is 0.500. The van der Waals surface area contributed by atoms with E-state index in [0.717, 1.165) is 18.7 Å². The maximum absolute atomic E-state index is 12.7. The van der Waals surface area contributed by atoms with Crippen molar-refractivity contribution in [3.63, 3.8) is 0 Å². The number of carbonyl (C=O) groups is 2. The zero-order chi connectivity index (χ0) is 15.5. The van der Waals surface area contributed by atoms with Crippen molar-refractivity contribution in [2.24, 2.45) is 0 Å². The number of likely N-dealkylation sites (N-methyl/N-ethyl adjacent to an activating group) is 1. The van der Waals surface area contributed by atoms with Crippen LogP contribution in [0.25, 0.3) is 0 Å². The average Bonchev–Trinajstić information content (AvgIpc) is 2.73. The third-order valence-corrected chi connectivity index (χ3v) is 4.16. The van der Waals surface area contributed by atoms with Gasteiger partial charge in [-0.3, -0.25) is 9.69 Å². The van der Waals surface area contributed by atoms with Gasteiger partial charge in [0.2, 0.25) is 0 Å². The molecule has 2 rings (SSSR count). The summed E-state index contributed by atoms with van der Waals surface area (Å²) in [6.07, 6.45) is 0. The lowest BCUT2D eigenvalue weighted by atomic mass is 9.92. The van der Waals surface area contributed by atoms with Crippen molar-refractivity contribution in [3.05, 3.63) is 35.9 Å². The third-order valence-electron chi connectivity index (χ3n) is 4.16. The number of rotatable bonds is 6. The van der Waals surface area contributed by atoms with Crippen LogP contribution in [0.3, 0.4) is 0 Å². The normalized spacial score (nSPS) is 22.0. The second-order valence-electron chi connectivity index (χ2n) is 5.40. The van der Waals surface area contributed by atoms with E-state index in [1.54, 1.807) is 6.92 Å². The molecule has 1 aliphatic rings. The van der Waals surface area contributed by atoms with Crippen LogP contribution in [0.4, 0.5) is 4.79 Å². The fourth-order valence-corrected chi connectivity index (χ4v) is 2.65. The maximum Gasteiger partial charge on any atom is 0.325 e. The van der Waals surface area contributed by atoms with Crippen molar-refractivity contribution < 1.29 is 9.59 Å². The Hall–Kier alpha value is -1.88. The Morgan fingerprint density at radius 3 is 2.33 bits per heavy atom. The first kappa shape index (κ1) is 15.5. The molecule has 1 aromatic carbocycles. The molecule has 1 fully saturated rings. The average molecular weight is 289 g/mol. The summed E-state index contributed by atoms with van der Waals surface area (Å²) in [5.74, 6) is -0.175. The van der Waals surface area contributed by atoms with E-state index in [1.165, 1.54) is 4.90 Å². The summed E-state index contributed by atoms with van der Waals surface area (Å²) >= 11 is 0. The van der Waals surface area contributed by atoms with Crippen LogP contribution >= 0.6 is 0 Å². The Kier molecular flexibility index (Phi) is 4.63. The molecule has 1 aromatic rings. The minimum atomic E-state index is -0.957. The smallest absolute Gasteiger partial charge is 0.319 e. The van der Waals surface area contributed by atoms with Crippen LogP contribution in [0.5, 0.6) is 0 Å². The Bertz CT molecular complexity index is 514. The van der Waals surface area contributed by atoms with E-state index in [1.807, 2.05) is 30.3 Å². The summed E-state index contributed by atoms with van der Waals surface area (Å²) in [4.78, 5) is 28.3. The molecule has 1 atom stereocenters. The van der Waals surface area contributed by atoms with Gasteiger partial charge in [-0.05, 0) is 25.6 Å². The van der Waals surface area contributed by atoms with E-state index in [0.29, 0.717) is 13.1 Å². The second-order valence-corrected chi connectivity index (χ2v) is 5.40. The molecule has 0 spiro atoms. The van der Waals surface area contributed by atoms with E-state index in [-0.39, 0.29) is 11.9 Å². The van der Waals surface area contributed by atoms with Crippen LogP contribution in [0.1, 0.15) is 26.3 Å². The zero-order valence-corrected chi connectivity index (χ0v) is 12.9. The molecular formula is C16H23N3O2. The lowest BCUT2D eigenvalue weighted by Crippen LogP contribution is -2.42. The summed E-state index contributed by atoms with van der Waals surface area (Å²) in [7, 11) is 0. The summed E-state index contributed by atoms with van der Waals surface area (Å²) in [6.45, 7) is 8.87. The number of nitrogens with one attached hydrogen (secondary N) is 1. The number of hydrogen-bond donors (Lipinski definition) is 1. The van der Waals surface area contributed by atoms with Gasteiger partial charge < -0.3 is 10.2 Å². The van der Waals surface area contributed by atoms with Crippen molar-refractivity contribution in [1.29, 1.82) is 0 Å². The van der Waals surface area contributed by atoms with Gasteiger partial charge in [0.05, 0.1) is 0 Å². The maximum atomic E-state index is 12.7. The molecule has 1 heterocycles. The first-order valence-corrected chi connectivity index (χ1v) is 7.45. The van der Waals surface area contributed by atoms with Crippen molar-refractivity contribution in [2.75, 3.05) is 26.2 Å². The Morgan fingerprint density at radius 2 is 1.76 bits per heavy atom. The third kappa shape index (κ3) is 2.93. The predicted octanol–water partition coefficient (Wildman–Crippen LogP) is 1.80. The summed E-state index contributed by atoms with van der Waals surface area (Å²) < 4.78 is 0. The molecule has 5 nitrogen and oxygen atoms in total. The van der Waals surface area contributed by atoms with Gasteiger partial charge in [0.15, 0.2) is 0 Å². The van der Waals surface area contributed by atoms with Gasteiger partial charge in [-0.25, -0.2) is 4.79 Å². The molecule has 0 unspecified atom stereocenters. The van der Waals surface area contributed by atoms with E-state index in [4.69, 9.17) is 0 Å². The van der Waals surface area contributed by atoms with Crippen LogP contribution in [0, 0.1) is 0 Å². The van der Waals surface area contributed by atoms with E-state index >= 15 is 0 Å². The topological polar surface area (TPSA) is 52.6 Å². The SMILES string of the molecule is CCN(CC)CCN1C(=O)N[C@@](C)(c2ccccc2)C1=O. The first-order chi connectivity index (χ1) is 10.0. The monoisotopic (exact) mass is 289 g/mol. The first-order valence-electron chi connectivity index (χ1n) is 7.45. The quantitative estimate of drug-likeness (QED) is 0.812. The molecule has 1 N–H and O–H groups in total.